The van der Waals surface area contributed by atoms with Gasteiger partial charge in [0, 0.05) is 37.8 Å². The molecule has 0 heterocycles. The lowest BCUT2D eigenvalue weighted by molar-refractivity contribution is -0.112. The molecule has 4 nitrogen and oxygen atoms in total. The fourth-order valence-electron chi connectivity index (χ4n) is 2.24. The van der Waals surface area contributed by atoms with Gasteiger partial charge in [-0.25, -0.2) is 0 Å². The van der Waals surface area contributed by atoms with Crippen LogP contribution in [-0.4, -0.2) is 31.0 Å². The maximum atomic E-state index is 12.4. The van der Waals surface area contributed by atoms with E-state index >= 15 is 0 Å². The van der Waals surface area contributed by atoms with Crippen molar-refractivity contribution in [1.82, 2.24) is 4.90 Å². The quantitative estimate of drug-likeness (QED) is 0.681. The summed E-state index contributed by atoms with van der Waals surface area (Å²) in [5.41, 5.74) is 9.03. The highest BCUT2D eigenvalue weighted by atomic mass is 16.1. The van der Waals surface area contributed by atoms with Gasteiger partial charge in [-0.2, -0.15) is 0 Å². The van der Waals surface area contributed by atoms with Crippen molar-refractivity contribution in [2.75, 3.05) is 14.1 Å². The highest BCUT2D eigenvalue weighted by Gasteiger charge is 2.22. The highest BCUT2D eigenvalue weighted by Crippen LogP contribution is 2.22. The van der Waals surface area contributed by atoms with E-state index < -0.39 is 0 Å². The van der Waals surface area contributed by atoms with Crippen molar-refractivity contribution in [3.05, 3.63) is 58.9 Å². The maximum Gasteiger partial charge on any atom is 0.193 e. The molecule has 0 bridgehead atoms. The predicted octanol–water partition coefficient (Wildman–Crippen LogP) is 2.28. The minimum absolute atomic E-state index is 0.00994. The van der Waals surface area contributed by atoms with Crippen LogP contribution in [0.2, 0.25) is 0 Å². The van der Waals surface area contributed by atoms with Gasteiger partial charge in [0.1, 0.15) is 0 Å². The fourth-order valence-corrected chi connectivity index (χ4v) is 2.24. The predicted molar refractivity (Wildman–Crippen MR) is 85.9 cm³/mol. The zero-order valence-electron chi connectivity index (χ0n) is 12.5. The summed E-state index contributed by atoms with van der Waals surface area (Å²) < 4.78 is 0. The molecule has 0 aromatic heterocycles. The highest BCUT2D eigenvalue weighted by molar-refractivity contribution is 6.22. The molecule has 0 atom stereocenters. The van der Waals surface area contributed by atoms with Crippen molar-refractivity contribution in [2.45, 2.75) is 19.4 Å². The monoisotopic (exact) mass is 283 g/mol. The number of allylic oxidation sites excluding steroid dienone is 3. The van der Waals surface area contributed by atoms with Crippen molar-refractivity contribution in [1.29, 1.82) is 0 Å². The number of hydrogen-bond donors (Lipinski definition) is 1. The minimum atomic E-state index is -0.00994. The lowest BCUT2D eigenvalue weighted by Gasteiger charge is -2.18. The molecule has 2 N–H and O–H groups in total. The summed E-state index contributed by atoms with van der Waals surface area (Å²) in [6.07, 6.45) is 4.88. The van der Waals surface area contributed by atoms with E-state index in [0.29, 0.717) is 30.7 Å². The van der Waals surface area contributed by atoms with Crippen LogP contribution >= 0.6 is 0 Å². The molecule has 1 aromatic carbocycles. The molecule has 1 aromatic rings. The molecule has 110 valence electrons. The van der Waals surface area contributed by atoms with Crippen LogP contribution < -0.4 is 5.73 Å². The van der Waals surface area contributed by atoms with Crippen LogP contribution in [-0.2, 0) is 11.3 Å². The molecule has 0 saturated carbocycles. The minimum Gasteiger partial charge on any atom is -0.401 e. The second-order valence-corrected chi connectivity index (χ2v) is 5.34. The second kappa shape index (κ2) is 6.88. The first-order valence-electron chi connectivity index (χ1n) is 7.02. The number of carbonyl (C=O) groups is 1. The van der Waals surface area contributed by atoms with Gasteiger partial charge in [-0.15, -0.1) is 0 Å². The van der Waals surface area contributed by atoms with Gasteiger partial charge in [-0.05, 0) is 18.4 Å². The molecule has 0 amide bonds. The fraction of sp³-hybridized carbons (Fsp3) is 0.294. The van der Waals surface area contributed by atoms with E-state index in [9.17, 15) is 4.79 Å². The first-order valence-corrected chi connectivity index (χ1v) is 7.02. The van der Waals surface area contributed by atoms with E-state index in [4.69, 9.17) is 5.73 Å². The Balaban J connectivity index is 2.12. The van der Waals surface area contributed by atoms with Crippen LogP contribution in [0.25, 0.3) is 0 Å². The van der Waals surface area contributed by atoms with E-state index in [1.54, 1.807) is 6.21 Å². The molecule has 0 radical (unpaired) electrons. The summed E-state index contributed by atoms with van der Waals surface area (Å²) in [4.78, 5) is 18.6. The Kier molecular flexibility index (Phi) is 4.93. The van der Waals surface area contributed by atoms with Gasteiger partial charge < -0.3 is 10.6 Å². The standard InChI is InChI=1S/C17H21N3O/c1-20(2)12-14-8-9-16(18)15(17(14)21)11-19-10-13-6-4-3-5-7-13/h3-7,11-12H,8-10,18H2,1-2H3/b14-12-,19-11?. The molecule has 1 aliphatic rings. The Bertz CT molecular complexity index is 598. The Morgan fingerprint density at radius 3 is 2.62 bits per heavy atom. The van der Waals surface area contributed by atoms with Gasteiger partial charge in [-0.3, -0.25) is 9.79 Å². The number of carbonyl (C=O) groups excluding carboxylic acids is 1. The zero-order chi connectivity index (χ0) is 15.2. The largest absolute Gasteiger partial charge is 0.401 e. The van der Waals surface area contributed by atoms with Crippen molar-refractivity contribution in [2.24, 2.45) is 10.7 Å². The zero-order valence-corrected chi connectivity index (χ0v) is 12.5. The van der Waals surface area contributed by atoms with Gasteiger partial charge in [0.05, 0.1) is 12.1 Å². The molecule has 0 spiro atoms. The van der Waals surface area contributed by atoms with E-state index in [1.807, 2.05) is 55.5 Å². The lowest BCUT2D eigenvalue weighted by atomic mass is 9.91. The summed E-state index contributed by atoms with van der Waals surface area (Å²) in [7, 11) is 3.82. The summed E-state index contributed by atoms with van der Waals surface area (Å²) in [5.74, 6) is -0.00994. The second-order valence-electron chi connectivity index (χ2n) is 5.34. The number of nitrogens with two attached hydrogens (primary N) is 1. The molecule has 1 aliphatic carbocycles. The van der Waals surface area contributed by atoms with Gasteiger partial charge >= 0.3 is 0 Å². The molecule has 0 fully saturated rings. The summed E-state index contributed by atoms with van der Waals surface area (Å²) in [5, 5.41) is 0. The molecule has 0 unspecified atom stereocenters. The van der Waals surface area contributed by atoms with Crippen molar-refractivity contribution in [3.8, 4) is 0 Å². The normalized spacial score (nSPS) is 17.8. The average Bonchev–Trinajstić information content (AvgIpc) is 2.46. The number of aliphatic imine (C=N–C) groups is 1. The van der Waals surface area contributed by atoms with Crippen LogP contribution in [0.4, 0.5) is 0 Å². The Morgan fingerprint density at radius 1 is 1.24 bits per heavy atom. The van der Waals surface area contributed by atoms with E-state index in [1.165, 1.54) is 0 Å². The third-order valence-corrected chi connectivity index (χ3v) is 3.30. The average molecular weight is 283 g/mol. The Hall–Kier alpha value is -2.36. The molecular weight excluding hydrogens is 262 g/mol. The van der Waals surface area contributed by atoms with Gasteiger partial charge in [0.25, 0.3) is 0 Å². The van der Waals surface area contributed by atoms with Crippen LogP contribution in [0.5, 0.6) is 0 Å². The van der Waals surface area contributed by atoms with E-state index in [-0.39, 0.29) is 5.78 Å². The first-order chi connectivity index (χ1) is 10.1. The number of nitrogens with zero attached hydrogens (tertiary/aromatic N) is 2. The van der Waals surface area contributed by atoms with Crippen molar-refractivity contribution in [3.63, 3.8) is 0 Å². The van der Waals surface area contributed by atoms with Crippen LogP contribution in [0.3, 0.4) is 0 Å². The number of Topliss-reactive ketones (excluding diaryl/α,β-unsaturated/α-hetero) is 1. The van der Waals surface area contributed by atoms with Gasteiger partial charge in [-0.1, -0.05) is 30.3 Å². The summed E-state index contributed by atoms with van der Waals surface area (Å²) in [6, 6.07) is 9.94. The molecular formula is C17H21N3O. The maximum absolute atomic E-state index is 12.4. The van der Waals surface area contributed by atoms with Crippen LogP contribution in [0, 0.1) is 0 Å². The molecule has 0 saturated heterocycles. The third-order valence-electron chi connectivity index (χ3n) is 3.30. The Labute approximate surface area is 125 Å². The van der Waals surface area contributed by atoms with Crippen LogP contribution in [0.15, 0.2) is 58.4 Å². The molecule has 21 heavy (non-hydrogen) atoms. The van der Waals surface area contributed by atoms with Gasteiger partial charge in [0.15, 0.2) is 5.78 Å². The molecule has 4 heteroatoms. The third kappa shape index (κ3) is 4.05. The first kappa shape index (κ1) is 15.0. The van der Waals surface area contributed by atoms with E-state index in [0.717, 1.165) is 11.1 Å². The van der Waals surface area contributed by atoms with E-state index in [2.05, 4.69) is 4.99 Å². The smallest absolute Gasteiger partial charge is 0.193 e. The number of rotatable bonds is 4. The molecule has 2 rings (SSSR count). The van der Waals surface area contributed by atoms with Crippen LogP contribution in [0.1, 0.15) is 18.4 Å². The van der Waals surface area contributed by atoms with Crippen molar-refractivity contribution < 1.29 is 4.79 Å². The van der Waals surface area contributed by atoms with Crippen molar-refractivity contribution >= 4 is 12.0 Å². The Morgan fingerprint density at radius 2 is 1.95 bits per heavy atom. The molecule has 0 aliphatic heterocycles. The number of benzene rings is 1. The lowest BCUT2D eigenvalue weighted by Crippen LogP contribution is -2.21. The summed E-state index contributed by atoms with van der Waals surface area (Å²) in [6.45, 7) is 0.553. The number of ketones is 1. The topological polar surface area (TPSA) is 58.7 Å². The SMILES string of the molecule is CN(C)/C=C1/CCC(N)=C(C=NCc2ccccc2)C1=O. The summed E-state index contributed by atoms with van der Waals surface area (Å²) >= 11 is 0. The van der Waals surface area contributed by atoms with Gasteiger partial charge in [0.2, 0.25) is 0 Å². The number of hydrogen-bond acceptors (Lipinski definition) is 4.